The van der Waals surface area contributed by atoms with Crippen molar-refractivity contribution in [2.75, 3.05) is 11.4 Å². The molecule has 3 aromatic rings. The van der Waals surface area contributed by atoms with Crippen molar-refractivity contribution in [1.82, 2.24) is 0 Å². The van der Waals surface area contributed by atoms with Crippen molar-refractivity contribution in [3.05, 3.63) is 96.1 Å². The minimum atomic E-state index is 0.0683. The Labute approximate surface area is 188 Å². The molecule has 0 amide bonds. The average molecular weight is 413 g/mol. The first kappa shape index (κ1) is 22.8. The summed E-state index contributed by atoms with van der Waals surface area (Å²) in [6, 6.07) is 26.4. The van der Waals surface area contributed by atoms with Crippen LogP contribution in [0.4, 0.5) is 17.1 Å². The Morgan fingerprint density at radius 1 is 0.935 bits per heavy atom. The van der Waals surface area contributed by atoms with E-state index in [0.29, 0.717) is 12.5 Å². The molecule has 2 heteroatoms. The zero-order valence-electron chi connectivity index (χ0n) is 19.4. The fourth-order valence-corrected chi connectivity index (χ4v) is 3.99. The molecule has 31 heavy (non-hydrogen) atoms. The van der Waals surface area contributed by atoms with E-state index >= 15 is 0 Å². The van der Waals surface area contributed by atoms with Crippen LogP contribution in [0, 0.1) is 0 Å². The lowest BCUT2D eigenvalue weighted by Gasteiger charge is -2.28. The first-order valence-electron chi connectivity index (χ1n) is 11.3. The van der Waals surface area contributed by atoms with Gasteiger partial charge in [0.1, 0.15) is 0 Å². The van der Waals surface area contributed by atoms with E-state index in [-0.39, 0.29) is 5.41 Å². The highest BCUT2D eigenvalue weighted by molar-refractivity contribution is 5.78. The average Bonchev–Trinajstić information content (AvgIpc) is 2.79. The molecule has 1 unspecified atom stereocenters. The Kier molecular flexibility index (Phi) is 7.35. The van der Waals surface area contributed by atoms with Gasteiger partial charge in [-0.05, 0) is 83.8 Å². The van der Waals surface area contributed by atoms with Gasteiger partial charge in [-0.25, -0.2) is 0 Å². The summed E-state index contributed by atoms with van der Waals surface area (Å²) in [4.78, 5) is 2.31. The standard InChI is InChI=1S/C29H36N2/c1-6-22(3)24-11-15-26(16-12-24)31(28-10-8-9-23(7-2)21-28)27-17-13-25(14-18-27)29(4,5)19-20-30/h7-18,21-22H,2,6,19-20,30H2,1,3-5H3. The molecular weight excluding hydrogens is 376 g/mol. The highest BCUT2D eigenvalue weighted by Crippen LogP contribution is 2.37. The van der Waals surface area contributed by atoms with Gasteiger partial charge in [0.15, 0.2) is 0 Å². The normalized spacial score (nSPS) is 12.4. The molecule has 3 aromatic carbocycles. The van der Waals surface area contributed by atoms with Gasteiger partial charge < -0.3 is 10.6 Å². The van der Waals surface area contributed by atoms with Gasteiger partial charge in [0.2, 0.25) is 0 Å². The molecule has 3 rings (SSSR count). The molecule has 2 N–H and O–H groups in total. The second-order valence-corrected chi connectivity index (χ2v) is 9.00. The van der Waals surface area contributed by atoms with Crippen LogP contribution in [0.2, 0.25) is 0 Å². The highest BCUT2D eigenvalue weighted by Gasteiger charge is 2.20. The third kappa shape index (κ3) is 5.26. The van der Waals surface area contributed by atoms with Crippen LogP contribution in [-0.4, -0.2) is 6.54 Å². The van der Waals surface area contributed by atoms with E-state index < -0.39 is 0 Å². The maximum Gasteiger partial charge on any atom is 0.0467 e. The number of hydrogen-bond donors (Lipinski definition) is 1. The molecule has 0 aliphatic rings. The van der Waals surface area contributed by atoms with Gasteiger partial charge in [-0.2, -0.15) is 0 Å². The molecule has 0 aliphatic carbocycles. The number of hydrogen-bond acceptors (Lipinski definition) is 2. The topological polar surface area (TPSA) is 29.3 Å². The Morgan fingerprint density at radius 2 is 1.55 bits per heavy atom. The van der Waals surface area contributed by atoms with Crippen LogP contribution in [0.15, 0.2) is 79.4 Å². The third-order valence-corrected chi connectivity index (χ3v) is 6.37. The predicted octanol–water partition coefficient (Wildman–Crippen LogP) is 7.94. The summed E-state index contributed by atoms with van der Waals surface area (Å²) in [6.07, 6.45) is 4.01. The predicted molar refractivity (Wildman–Crippen MR) is 137 cm³/mol. The lowest BCUT2D eigenvalue weighted by Crippen LogP contribution is -2.21. The van der Waals surface area contributed by atoms with Crippen LogP contribution in [0.1, 0.15) is 63.1 Å². The van der Waals surface area contributed by atoms with Crippen molar-refractivity contribution in [3.8, 4) is 0 Å². The highest BCUT2D eigenvalue weighted by atomic mass is 15.1. The SMILES string of the molecule is C=Cc1cccc(N(c2ccc(C(C)CC)cc2)c2ccc(C(C)(C)CCN)cc2)c1. The number of nitrogens with two attached hydrogens (primary N) is 1. The summed E-state index contributed by atoms with van der Waals surface area (Å²) in [5, 5.41) is 0. The van der Waals surface area contributed by atoms with Gasteiger partial charge in [-0.3, -0.25) is 0 Å². The van der Waals surface area contributed by atoms with Crippen LogP contribution in [0.5, 0.6) is 0 Å². The minimum Gasteiger partial charge on any atom is -0.330 e. The monoisotopic (exact) mass is 412 g/mol. The molecule has 1 atom stereocenters. The second kappa shape index (κ2) is 9.98. The van der Waals surface area contributed by atoms with Crippen molar-refractivity contribution >= 4 is 23.1 Å². The number of benzene rings is 3. The van der Waals surface area contributed by atoms with Crippen LogP contribution < -0.4 is 10.6 Å². The van der Waals surface area contributed by atoms with Crippen molar-refractivity contribution in [1.29, 1.82) is 0 Å². The van der Waals surface area contributed by atoms with E-state index in [9.17, 15) is 0 Å². The molecule has 2 nitrogen and oxygen atoms in total. The molecule has 0 fully saturated rings. The van der Waals surface area contributed by atoms with E-state index in [2.05, 4.69) is 112 Å². The molecule has 0 saturated heterocycles. The van der Waals surface area contributed by atoms with Crippen LogP contribution >= 0.6 is 0 Å². The lowest BCUT2D eigenvalue weighted by atomic mass is 9.81. The fourth-order valence-electron chi connectivity index (χ4n) is 3.99. The number of anilines is 3. The first-order valence-corrected chi connectivity index (χ1v) is 11.3. The Hall–Kier alpha value is -2.84. The summed E-state index contributed by atoms with van der Waals surface area (Å²) >= 11 is 0. The maximum absolute atomic E-state index is 5.84. The smallest absolute Gasteiger partial charge is 0.0467 e. The Morgan fingerprint density at radius 3 is 2.10 bits per heavy atom. The van der Waals surface area contributed by atoms with Crippen LogP contribution in [-0.2, 0) is 5.41 Å². The lowest BCUT2D eigenvalue weighted by molar-refractivity contribution is 0.488. The fraction of sp³-hybridized carbons (Fsp3) is 0.310. The molecule has 0 saturated carbocycles. The van der Waals surface area contributed by atoms with E-state index in [4.69, 9.17) is 5.73 Å². The third-order valence-electron chi connectivity index (χ3n) is 6.37. The van der Waals surface area contributed by atoms with Gasteiger partial charge in [-0.1, -0.05) is 76.7 Å². The molecular formula is C29H36N2. The molecule has 0 radical (unpaired) electrons. The van der Waals surface area contributed by atoms with Gasteiger partial charge in [0.25, 0.3) is 0 Å². The molecule has 0 aliphatic heterocycles. The van der Waals surface area contributed by atoms with E-state index in [1.807, 2.05) is 6.08 Å². The quantitative estimate of drug-likeness (QED) is 0.386. The van der Waals surface area contributed by atoms with Crippen molar-refractivity contribution in [2.24, 2.45) is 5.73 Å². The van der Waals surface area contributed by atoms with E-state index in [0.717, 1.165) is 35.5 Å². The molecule has 162 valence electrons. The summed E-state index contributed by atoms with van der Waals surface area (Å²) in [5.74, 6) is 0.565. The van der Waals surface area contributed by atoms with Gasteiger partial charge in [0, 0.05) is 17.1 Å². The largest absolute Gasteiger partial charge is 0.330 e. The van der Waals surface area contributed by atoms with Gasteiger partial charge in [-0.15, -0.1) is 0 Å². The van der Waals surface area contributed by atoms with E-state index in [1.165, 1.54) is 11.1 Å². The zero-order chi connectivity index (χ0) is 22.4. The maximum atomic E-state index is 5.84. The molecule has 0 bridgehead atoms. The number of nitrogens with zero attached hydrogens (tertiary/aromatic N) is 1. The van der Waals surface area contributed by atoms with Crippen LogP contribution in [0.25, 0.3) is 6.08 Å². The van der Waals surface area contributed by atoms with Crippen molar-refractivity contribution in [3.63, 3.8) is 0 Å². The first-order chi connectivity index (χ1) is 14.9. The Balaban J connectivity index is 2.05. The summed E-state index contributed by atoms with van der Waals surface area (Å²) in [5.41, 5.74) is 13.1. The van der Waals surface area contributed by atoms with Gasteiger partial charge >= 0.3 is 0 Å². The van der Waals surface area contributed by atoms with Crippen molar-refractivity contribution < 1.29 is 0 Å². The summed E-state index contributed by atoms with van der Waals surface area (Å²) < 4.78 is 0. The minimum absolute atomic E-state index is 0.0683. The van der Waals surface area contributed by atoms with Gasteiger partial charge in [0.05, 0.1) is 0 Å². The zero-order valence-corrected chi connectivity index (χ0v) is 19.4. The van der Waals surface area contributed by atoms with Crippen LogP contribution in [0.3, 0.4) is 0 Å². The van der Waals surface area contributed by atoms with Crippen molar-refractivity contribution in [2.45, 2.75) is 51.9 Å². The molecule has 0 heterocycles. The summed E-state index contributed by atoms with van der Waals surface area (Å²) in [7, 11) is 0. The summed E-state index contributed by atoms with van der Waals surface area (Å²) in [6.45, 7) is 13.7. The number of rotatable bonds is 9. The van der Waals surface area contributed by atoms with E-state index in [1.54, 1.807) is 0 Å². The Bertz CT molecular complexity index is 984. The molecule has 0 spiro atoms. The molecule has 0 aromatic heterocycles. The second-order valence-electron chi connectivity index (χ2n) is 9.00.